The Labute approximate surface area is 101 Å². The van der Waals surface area contributed by atoms with Gasteiger partial charge in [0, 0.05) is 35.1 Å². The van der Waals surface area contributed by atoms with E-state index in [0.717, 1.165) is 23.9 Å². The number of nitrogens with zero attached hydrogens (tertiary/aromatic N) is 1. The second-order valence-corrected chi connectivity index (χ2v) is 5.02. The molecule has 0 saturated heterocycles. The lowest BCUT2D eigenvalue weighted by molar-refractivity contribution is 0.0954. The lowest BCUT2D eigenvalue weighted by Gasteiger charge is -2.19. The number of rotatable bonds is 1. The van der Waals surface area contributed by atoms with Crippen LogP contribution in [0.25, 0.3) is 10.9 Å². The number of fused-ring (bicyclic) bond motifs is 3. The third-order valence-corrected chi connectivity index (χ3v) is 3.75. The van der Waals surface area contributed by atoms with Gasteiger partial charge in [0.25, 0.3) is 0 Å². The first kappa shape index (κ1) is 10.6. The van der Waals surface area contributed by atoms with Crippen LogP contribution in [0, 0.1) is 5.92 Å². The zero-order chi connectivity index (χ0) is 12.0. The monoisotopic (exact) mass is 227 g/mol. The molecule has 0 radical (unpaired) electrons. The fourth-order valence-corrected chi connectivity index (χ4v) is 3.06. The van der Waals surface area contributed by atoms with Crippen molar-refractivity contribution in [2.24, 2.45) is 5.92 Å². The van der Waals surface area contributed by atoms with Gasteiger partial charge in [-0.15, -0.1) is 0 Å². The molecule has 0 fully saturated rings. The van der Waals surface area contributed by atoms with Gasteiger partial charge in [-0.25, -0.2) is 0 Å². The first-order chi connectivity index (χ1) is 8.22. The summed E-state index contributed by atoms with van der Waals surface area (Å²) in [5, 5.41) is 1.14. The van der Waals surface area contributed by atoms with Gasteiger partial charge in [-0.1, -0.05) is 25.1 Å². The second-order valence-electron chi connectivity index (χ2n) is 5.02. The molecule has 2 aromatic rings. The normalized spacial score (nSPS) is 19.6. The standard InChI is InChI=1S/C15H17NO/c1-3-16-12-7-5-4-6-11(12)15-13(16)8-10(2)9-14(15)17/h4-7,10H,3,8-9H2,1-2H3. The van der Waals surface area contributed by atoms with E-state index in [1.165, 1.54) is 11.2 Å². The number of aryl methyl sites for hydroxylation is 1. The van der Waals surface area contributed by atoms with E-state index in [9.17, 15) is 4.79 Å². The van der Waals surface area contributed by atoms with Gasteiger partial charge in [0.15, 0.2) is 5.78 Å². The van der Waals surface area contributed by atoms with E-state index in [1.54, 1.807) is 0 Å². The topological polar surface area (TPSA) is 22.0 Å². The van der Waals surface area contributed by atoms with Gasteiger partial charge in [0.1, 0.15) is 0 Å². The SMILES string of the molecule is CCn1c2c(c3ccccc31)C(=O)CC(C)C2. The fraction of sp³-hybridized carbons (Fsp3) is 0.400. The van der Waals surface area contributed by atoms with Crippen molar-refractivity contribution >= 4 is 16.7 Å². The van der Waals surface area contributed by atoms with Crippen molar-refractivity contribution in [2.75, 3.05) is 0 Å². The van der Waals surface area contributed by atoms with Crippen LogP contribution in [0.5, 0.6) is 0 Å². The molecule has 0 aliphatic heterocycles. The lowest BCUT2D eigenvalue weighted by Crippen LogP contribution is -2.19. The van der Waals surface area contributed by atoms with Crippen molar-refractivity contribution in [2.45, 2.75) is 33.2 Å². The maximum Gasteiger partial charge on any atom is 0.165 e. The molecule has 1 aliphatic rings. The van der Waals surface area contributed by atoms with Crippen molar-refractivity contribution in [3.8, 4) is 0 Å². The van der Waals surface area contributed by atoms with E-state index in [0.29, 0.717) is 18.1 Å². The van der Waals surface area contributed by atoms with E-state index >= 15 is 0 Å². The molecule has 1 heterocycles. The molecule has 1 aromatic heterocycles. The van der Waals surface area contributed by atoms with Gasteiger partial charge < -0.3 is 4.57 Å². The number of benzene rings is 1. The number of Topliss-reactive ketones (excluding diaryl/α,β-unsaturated/α-hetero) is 1. The highest BCUT2D eigenvalue weighted by molar-refractivity contribution is 6.10. The van der Waals surface area contributed by atoms with Crippen LogP contribution < -0.4 is 0 Å². The van der Waals surface area contributed by atoms with Crippen LogP contribution in [-0.2, 0) is 13.0 Å². The number of carbonyl (C=O) groups is 1. The maximum absolute atomic E-state index is 12.2. The number of carbonyl (C=O) groups excluding carboxylic acids is 1. The van der Waals surface area contributed by atoms with Crippen LogP contribution in [-0.4, -0.2) is 10.4 Å². The maximum atomic E-state index is 12.2. The van der Waals surface area contributed by atoms with Crippen molar-refractivity contribution in [3.63, 3.8) is 0 Å². The van der Waals surface area contributed by atoms with Crippen molar-refractivity contribution in [1.82, 2.24) is 4.57 Å². The average molecular weight is 227 g/mol. The number of para-hydroxylation sites is 1. The van der Waals surface area contributed by atoms with Crippen LogP contribution in [0.15, 0.2) is 24.3 Å². The Balaban J connectivity index is 2.38. The zero-order valence-corrected chi connectivity index (χ0v) is 10.4. The van der Waals surface area contributed by atoms with E-state index in [4.69, 9.17) is 0 Å². The van der Waals surface area contributed by atoms with Crippen molar-refractivity contribution in [1.29, 1.82) is 0 Å². The summed E-state index contributed by atoms with van der Waals surface area (Å²) in [7, 11) is 0. The summed E-state index contributed by atoms with van der Waals surface area (Å²) in [6.45, 7) is 5.25. The number of hydrogen-bond donors (Lipinski definition) is 0. The molecular formula is C15H17NO. The lowest BCUT2D eigenvalue weighted by atomic mass is 9.87. The van der Waals surface area contributed by atoms with Gasteiger partial charge in [0.05, 0.1) is 0 Å². The molecule has 1 unspecified atom stereocenters. The van der Waals surface area contributed by atoms with Gasteiger partial charge in [-0.2, -0.15) is 0 Å². The Morgan fingerprint density at radius 1 is 1.29 bits per heavy atom. The highest BCUT2D eigenvalue weighted by Gasteiger charge is 2.28. The van der Waals surface area contributed by atoms with Gasteiger partial charge in [0.2, 0.25) is 0 Å². The first-order valence-corrected chi connectivity index (χ1v) is 6.35. The van der Waals surface area contributed by atoms with Crippen LogP contribution in [0.1, 0.15) is 36.3 Å². The first-order valence-electron chi connectivity index (χ1n) is 6.35. The molecule has 88 valence electrons. The quantitative estimate of drug-likeness (QED) is 0.731. The van der Waals surface area contributed by atoms with E-state index in [2.05, 4.69) is 30.5 Å². The number of hydrogen-bond acceptors (Lipinski definition) is 1. The van der Waals surface area contributed by atoms with Crippen molar-refractivity contribution < 1.29 is 4.79 Å². The summed E-state index contributed by atoms with van der Waals surface area (Å²) < 4.78 is 2.30. The second kappa shape index (κ2) is 3.73. The largest absolute Gasteiger partial charge is 0.344 e. The molecule has 0 bridgehead atoms. The van der Waals surface area contributed by atoms with Crippen LogP contribution in [0.4, 0.5) is 0 Å². The van der Waals surface area contributed by atoms with Crippen LogP contribution in [0.2, 0.25) is 0 Å². The molecule has 0 saturated carbocycles. The Morgan fingerprint density at radius 3 is 2.82 bits per heavy atom. The van der Waals surface area contributed by atoms with Crippen LogP contribution in [0.3, 0.4) is 0 Å². The molecule has 2 nitrogen and oxygen atoms in total. The summed E-state index contributed by atoms with van der Waals surface area (Å²) >= 11 is 0. The summed E-state index contributed by atoms with van der Waals surface area (Å²) in [6, 6.07) is 8.27. The third-order valence-electron chi connectivity index (χ3n) is 3.75. The molecule has 3 rings (SSSR count). The molecule has 0 spiro atoms. The minimum Gasteiger partial charge on any atom is -0.344 e. The number of ketones is 1. The minimum absolute atomic E-state index is 0.321. The Kier molecular flexibility index (Phi) is 2.32. The molecule has 1 aliphatic carbocycles. The average Bonchev–Trinajstić information content (AvgIpc) is 2.62. The van der Waals surface area contributed by atoms with Gasteiger partial charge >= 0.3 is 0 Å². The summed E-state index contributed by atoms with van der Waals surface area (Å²) in [6.07, 6.45) is 1.73. The highest BCUT2D eigenvalue weighted by Crippen LogP contribution is 2.33. The molecular weight excluding hydrogens is 210 g/mol. The Hall–Kier alpha value is -1.57. The summed E-state index contributed by atoms with van der Waals surface area (Å²) in [5.41, 5.74) is 3.44. The summed E-state index contributed by atoms with van der Waals surface area (Å²) in [5.74, 6) is 0.798. The fourth-order valence-electron chi connectivity index (χ4n) is 3.06. The molecule has 17 heavy (non-hydrogen) atoms. The van der Waals surface area contributed by atoms with Crippen molar-refractivity contribution in [3.05, 3.63) is 35.5 Å². The summed E-state index contributed by atoms with van der Waals surface area (Å²) in [4.78, 5) is 12.2. The van der Waals surface area contributed by atoms with E-state index in [-0.39, 0.29) is 0 Å². The minimum atomic E-state index is 0.321. The van der Waals surface area contributed by atoms with Gasteiger partial charge in [-0.05, 0) is 25.3 Å². The molecule has 1 atom stereocenters. The van der Waals surface area contributed by atoms with E-state index in [1.807, 2.05) is 12.1 Å². The predicted octanol–water partition coefficient (Wildman–Crippen LogP) is 3.43. The Bertz CT molecular complexity index is 594. The smallest absolute Gasteiger partial charge is 0.165 e. The highest BCUT2D eigenvalue weighted by atomic mass is 16.1. The van der Waals surface area contributed by atoms with E-state index < -0.39 is 0 Å². The number of aromatic nitrogens is 1. The molecule has 0 amide bonds. The van der Waals surface area contributed by atoms with Crippen LogP contribution >= 0.6 is 0 Å². The zero-order valence-electron chi connectivity index (χ0n) is 10.4. The predicted molar refractivity (Wildman–Crippen MR) is 69.4 cm³/mol. The van der Waals surface area contributed by atoms with Gasteiger partial charge in [-0.3, -0.25) is 4.79 Å². The molecule has 2 heteroatoms. The Morgan fingerprint density at radius 2 is 2.06 bits per heavy atom. The third kappa shape index (κ3) is 1.43. The molecule has 1 aromatic carbocycles. The molecule has 0 N–H and O–H groups in total.